The maximum absolute atomic E-state index is 5.84. The van der Waals surface area contributed by atoms with Crippen LogP contribution in [-0.4, -0.2) is 22.2 Å². The van der Waals surface area contributed by atoms with Crippen molar-refractivity contribution in [1.82, 2.24) is 9.55 Å². The Morgan fingerprint density at radius 3 is 3.00 bits per heavy atom. The number of aromatic nitrogens is 2. The third-order valence-corrected chi connectivity index (χ3v) is 3.12. The van der Waals surface area contributed by atoms with Gasteiger partial charge in [0.1, 0.15) is 5.75 Å². The van der Waals surface area contributed by atoms with Gasteiger partial charge in [0.2, 0.25) is 0 Å². The Morgan fingerprint density at radius 1 is 1.42 bits per heavy atom. The van der Waals surface area contributed by atoms with E-state index >= 15 is 0 Å². The van der Waals surface area contributed by atoms with Gasteiger partial charge in [-0.1, -0.05) is 13.0 Å². The number of hydrogen-bond acceptors (Lipinski definition) is 3. The minimum atomic E-state index is 0.224. The highest BCUT2D eigenvalue weighted by Crippen LogP contribution is 2.20. The van der Waals surface area contributed by atoms with Gasteiger partial charge in [-0.15, -0.1) is 0 Å². The van der Waals surface area contributed by atoms with Crippen LogP contribution in [0.25, 0.3) is 5.69 Å². The fourth-order valence-corrected chi connectivity index (χ4v) is 1.91. The summed E-state index contributed by atoms with van der Waals surface area (Å²) in [7, 11) is 0. The largest absolute Gasteiger partial charge is 0.491 e. The lowest BCUT2D eigenvalue weighted by atomic mass is 10.2. The zero-order chi connectivity index (χ0) is 13.7. The smallest absolute Gasteiger partial charge is 0.121 e. The van der Waals surface area contributed by atoms with Crippen molar-refractivity contribution < 1.29 is 4.74 Å². The van der Waals surface area contributed by atoms with Crippen LogP contribution in [-0.2, 0) is 6.42 Å². The first-order valence-corrected chi connectivity index (χ1v) is 6.73. The molecule has 0 amide bonds. The van der Waals surface area contributed by atoms with Crippen molar-refractivity contribution in [1.29, 1.82) is 0 Å². The summed E-state index contributed by atoms with van der Waals surface area (Å²) in [5, 5.41) is 0. The quantitative estimate of drug-likeness (QED) is 0.867. The number of benzene rings is 1. The number of nitrogens with two attached hydrogens (primary N) is 1. The van der Waals surface area contributed by atoms with E-state index in [-0.39, 0.29) is 6.10 Å². The number of nitrogens with zero attached hydrogens (tertiary/aromatic N) is 2. The molecular weight excluding hydrogens is 238 g/mol. The van der Waals surface area contributed by atoms with Crippen LogP contribution < -0.4 is 10.5 Å². The Hall–Kier alpha value is -1.81. The zero-order valence-electron chi connectivity index (χ0n) is 11.5. The maximum Gasteiger partial charge on any atom is 0.121 e. The molecule has 0 aliphatic heterocycles. The molecule has 2 aromatic rings. The summed E-state index contributed by atoms with van der Waals surface area (Å²) in [6.45, 7) is 4.81. The van der Waals surface area contributed by atoms with Crippen molar-refractivity contribution in [2.24, 2.45) is 5.73 Å². The van der Waals surface area contributed by atoms with E-state index in [4.69, 9.17) is 10.5 Å². The van der Waals surface area contributed by atoms with Gasteiger partial charge in [-0.3, -0.25) is 0 Å². The van der Waals surface area contributed by atoms with Crippen LogP contribution in [0.15, 0.2) is 36.8 Å². The Kier molecular flexibility index (Phi) is 4.58. The van der Waals surface area contributed by atoms with E-state index in [1.54, 1.807) is 0 Å². The highest BCUT2D eigenvalue weighted by Gasteiger charge is 2.06. The van der Waals surface area contributed by atoms with Crippen LogP contribution in [0.1, 0.15) is 26.0 Å². The molecule has 19 heavy (non-hydrogen) atoms. The normalized spacial score (nSPS) is 12.4. The first-order valence-electron chi connectivity index (χ1n) is 6.73. The summed E-state index contributed by atoms with van der Waals surface area (Å²) in [6.07, 6.45) is 5.70. The van der Waals surface area contributed by atoms with Crippen molar-refractivity contribution in [3.05, 3.63) is 42.5 Å². The minimum Gasteiger partial charge on any atom is -0.491 e. The molecule has 1 aromatic heterocycles. The van der Waals surface area contributed by atoms with Gasteiger partial charge in [0, 0.05) is 24.4 Å². The van der Waals surface area contributed by atoms with Crippen molar-refractivity contribution in [2.45, 2.75) is 32.8 Å². The molecule has 4 nitrogen and oxygen atoms in total. The lowest BCUT2D eigenvalue weighted by molar-refractivity contribution is 0.217. The molecule has 4 heteroatoms. The molecule has 0 bridgehead atoms. The summed E-state index contributed by atoms with van der Waals surface area (Å²) in [4.78, 5) is 4.19. The highest BCUT2D eigenvalue weighted by molar-refractivity contribution is 5.40. The third-order valence-electron chi connectivity index (χ3n) is 3.12. The molecule has 0 saturated carbocycles. The lowest BCUT2D eigenvalue weighted by Gasteiger charge is -2.14. The van der Waals surface area contributed by atoms with Crippen LogP contribution >= 0.6 is 0 Å². The molecule has 1 unspecified atom stereocenters. The SMILES string of the molecule is CCC(C)Oc1cccc(-n2cncc2CCN)c1. The Labute approximate surface area is 114 Å². The van der Waals surface area contributed by atoms with Crippen molar-refractivity contribution in [3.63, 3.8) is 0 Å². The van der Waals surface area contributed by atoms with Gasteiger partial charge < -0.3 is 15.0 Å². The van der Waals surface area contributed by atoms with E-state index in [9.17, 15) is 0 Å². The monoisotopic (exact) mass is 259 g/mol. The average Bonchev–Trinajstić information content (AvgIpc) is 2.87. The minimum absolute atomic E-state index is 0.224. The van der Waals surface area contributed by atoms with E-state index in [1.165, 1.54) is 0 Å². The maximum atomic E-state index is 5.84. The molecule has 1 aromatic carbocycles. The lowest BCUT2D eigenvalue weighted by Crippen LogP contribution is -2.10. The van der Waals surface area contributed by atoms with E-state index < -0.39 is 0 Å². The predicted octanol–water partition coefficient (Wildman–Crippen LogP) is 2.55. The molecule has 0 saturated heterocycles. The van der Waals surface area contributed by atoms with Gasteiger partial charge in [-0.25, -0.2) is 4.98 Å². The second-order valence-corrected chi connectivity index (χ2v) is 4.63. The summed E-state index contributed by atoms with van der Waals surface area (Å²) in [5.74, 6) is 0.888. The van der Waals surface area contributed by atoms with Gasteiger partial charge >= 0.3 is 0 Å². The molecular formula is C15H21N3O. The third kappa shape index (κ3) is 3.35. The van der Waals surface area contributed by atoms with Gasteiger partial charge in [-0.2, -0.15) is 0 Å². The van der Waals surface area contributed by atoms with Crippen LogP contribution in [0.4, 0.5) is 0 Å². The molecule has 0 spiro atoms. The molecule has 0 radical (unpaired) electrons. The van der Waals surface area contributed by atoms with E-state index in [0.717, 1.165) is 30.0 Å². The summed E-state index contributed by atoms with van der Waals surface area (Å²) in [5.41, 5.74) is 7.79. The van der Waals surface area contributed by atoms with Crippen LogP contribution in [0.2, 0.25) is 0 Å². The Balaban J connectivity index is 2.24. The summed E-state index contributed by atoms with van der Waals surface area (Å²) < 4.78 is 7.90. The van der Waals surface area contributed by atoms with Gasteiger partial charge in [-0.05, 0) is 32.0 Å². The van der Waals surface area contributed by atoms with Gasteiger partial charge in [0.05, 0.1) is 18.1 Å². The fourth-order valence-electron chi connectivity index (χ4n) is 1.91. The highest BCUT2D eigenvalue weighted by atomic mass is 16.5. The zero-order valence-corrected chi connectivity index (χ0v) is 11.5. The van der Waals surface area contributed by atoms with Crippen LogP contribution in [0.5, 0.6) is 5.75 Å². The molecule has 2 rings (SSSR count). The number of imidazole rings is 1. The summed E-state index contributed by atoms with van der Waals surface area (Å²) in [6, 6.07) is 8.06. The molecule has 2 N–H and O–H groups in total. The van der Waals surface area contributed by atoms with Crippen LogP contribution in [0.3, 0.4) is 0 Å². The van der Waals surface area contributed by atoms with Crippen molar-refractivity contribution in [3.8, 4) is 11.4 Å². The molecule has 1 heterocycles. The fraction of sp³-hybridized carbons (Fsp3) is 0.400. The van der Waals surface area contributed by atoms with E-state index in [0.29, 0.717) is 6.54 Å². The van der Waals surface area contributed by atoms with Crippen molar-refractivity contribution in [2.75, 3.05) is 6.54 Å². The van der Waals surface area contributed by atoms with E-state index in [1.807, 2.05) is 36.8 Å². The Bertz CT molecular complexity index is 522. The average molecular weight is 259 g/mol. The Morgan fingerprint density at radius 2 is 2.26 bits per heavy atom. The molecule has 1 atom stereocenters. The van der Waals surface area contributed by atoms with Gasteiger partial charge in [0.25, 0.3) is 0 Å². The standard InChI is InChI=1S/C15H21N3O/c1-3-12(2)19-15-6-4-5-13(9-15)18-11-17-10-14(18)7-8-16/h4-6,9-12H,3,7-8,16H2,1-2H3. The topological polar surface area (TPSA) is 53.1 Å². The second-order valence-electron chi connectivity index (χ2n) is 4.63. The van der Waals surface area contributed by atoms with Gasteiger partial charge in [0.15, 0.2) is 0 Å². The molecule has 102 valence electrons. The van der Waals surface area contributed by atoms with Crippen molar-refractivity contribution >= 4 is 0 Å². The number of hydrogen-bond donors (Lipinski definition) is 1. The number of rotatable bonds is 6. The second kappa shape index (κ2) is 6.38. The molecule has 0 aliphatic rings. The predicted molar refractivity (Wildman–Crippen MR) is 76.7 cm³/mol. The first-order chi connectivity index (χ1) is 9.24. The van der Waals surface area contributed by atoms with Crippen LogP contribution in [0, 0.1) is 0 Å². The first kappa shape index (κ1) is 13.6. The number of ether oxygens (including phenoxy) is 1. The molecule has 0 aliphatic carbocycles. The molecule has 0 fully saturated rings. The summed E-state index contributed by atoms with van der Waals surface area (Å²) >= 11 is 0. The van der Waals surface area contributed by atoms with E-state index in [2.05, 4.69) is 23.4 Å².